The molecule has 0 spiro atoms. The standard InChI is InChI=1S/C44H57NO3/c1-27-19-29(26-45-25-28-17-15-14-16-18-28)38(46)32(20-27)37(33-21-30(41(2,3)4)23-35(39(33)47)43(8,9)10)34-22-31(42(5,6)7)24-36(40(34)48)44(11,12)13/h14-24,26,37,46-48H,25H2,1-13H3. The van der Waals surface area contributed by atoms with E-state index in [1.54, 1.807) is 6.21 Å². The van der Waals surface area contributed by atoms with Crippen LogP contribution in [0, 0.1) is 6.92 Å². The lowest BCUT2D eigenvalue weighted by Gasteiger charge is -2.33. The van der Waals surface area contributed by atoms with Crippen LogP contribution in [0.5, 0.6) is 17.2 Å². The van der Waals surface area contributed by atoms with Gasteiger partial charge >= 0.3 is 0 Å². The van der Waals surface area contributed by atoms with E-state index in [2.05, 4.69) is 107 Å². The number of aromatic hydroxyl groups is 3. The van der Waals surface area contributed by atoms with Crippen LogP contribution in [-0.2, 0) is 28.2 Å². The number of phenols is 3. The van der Waals surface area contributed by atoms with Gasteiger partial charge in [0.05, 0.1) is 6.54 Å². The summed E-state index contributed by atoms with van der Waals surface area (Å²) in [5, 5.41) is 36.7. The van der Waals surface area contributed by atoms with E-state index in [-0.39, 0.29) is 38.9 Å². The Morgan fingerprint density at radius 1 is 0.562 bits per heavy atom. The molecule has 0 amide bonds. The fraction of sp³-hybridized carbons (Fsp3) is 0.432. The molecule has 0 aliphatic carbocycles. The van der Waals surface area contributed by atoms with Crippen LogP contribution in [0.4, 0.5) is 0 Å². The number of aryl methyl sites for hydroxylation is 1. The zero-order valence-electron chi connectivity index (χ0n) is 31.5. The molecule has 4 rings (SSSR count). The maximum Gasteiger partial charge on any atom is 0.128 e. The Hall–Kier alpha value is -4.05. The van der Waals surface area contributed by atoms with Gasteiger partial charge in [0.15, 0.2) is 0 Å². The first-order chi connectivity index (χ1) is 22.0. The van der Waals surface area contributed by atoms with Crippen LogP contribution in [0.3, 0.4) is 0 Å². The Morgan fingerprint density at radius 2 is 1.00 bits per heavy atom. The SMILES string of the molecule is Cc1cc(C=NCc2ccccc2)c(O)c(C(c2cc(C(C)(C)C)cc(C(C)(C)C)c2O)c2cc(C(C)(C)C)cc(C(C)(C)C)c2O)c1. The van der Waals surface area contributed by atoms with Gasteiger partial charge in [0.1, 0.15) is 17.2 Å². The molecule has 48 heavy (non-hydrogen) atoms. The van der Waals surface area contributed by atoms with Gasteiger partial charge in [-0.15, -0.1) is 0 Å². The Balaban J connectivity index is 2.15. The van der Waals surface area contributed by atoms with Gasteiger partial charge in [-0.3, -0.25) is 4.99 Å². The summed E-state index contributed by atoms with van der Waals surface area (Å²) in [6.07, 6.45) is 1.73. The van der Waals surface area contributed by atoms with Gasteiger partial charge in [0, 0.05) is 34.4 Å². The molecule has 4 aromatic carbocycles. The molecule has 4 heteroatoms. The van der Waals surface area contributed by atoms with E-state index in [9.17, 15) is 15.3 Å². The van der Waals surface area contributed by atoms with E-state index in [0.29, 0.717) is 28.8 Å². The van der Waals surface area contributed by atoms with Crippen LogP contribution >= 0.6 is 0 Å². The predicted molar refractivity (Wildman–Crippen MR) is 203 cm³/mol. The molecule has 256 valence electrons. The minimum Gasteiger partial charge on any atom is -0.507 e. The Labute approximate surface area is 289 Å². The van der Waals surface area contributed by atoms with Crippen molar-refractivity contribution in [3.05, 3.63) is 122 Å². The highest BCUT2D eigenvalue weighted by atomic mass is 16.3. The zero-order chi connectivity index (χ0) is 36.0. The van der Waals surface area contributed by atoms with Crippen molar-refractivity contribution in [3.63, 3.8) is 0 Å². The molecule has 0 bridgehead atoms. The average molecular weight is 648 g/mol. The highest BCUT2D eigenvalue weighted by Gasteiger charge is 2.35. The summed E-state index contributed by atoms with van der Waals surface area (Å²) in [4.78, 5) is 4.70. The Bertz CT molecular complexity index is 1720. The van der Waals surface area contributed by atoms with Gasteiger partial charge in [-0.25, -0.2) is 0 Å². The van der Waals surface area contributed by atoms with Crippen molar-refractivity contribution < 1.29 is 15.3 Å². The molecule has 0 aliphatic rings. The number of benzene rings is 4. The summed E-state index contributed by atoms with van der Waals surface area (Å²) in [5.41, 5.74) is 7.18. The van der Waals surface area contributed by atoms with Gasteiger partial charge in [-0.05, 0) is 68.0 Å². The highest BCUT2D eigenvalue weighted by Crippen LogP contribution is 2.51. The number of hydrogen-bond donors (Lipinski definition) is 3. The van der Waals surface area contributed by atoms with Gasteiger partial charge in [0.25, 0.3) is 0 Å². The van der Waals surface area contributed by atoms with E-state index in [0.717, 1.165) is 33.4 Å². The fourth-order valence-corrected chi connectivity index (χ4v) is 6.25. The first kappa shape index (κ1) is 36.8. The summed E-state index contributed by atoms with van der Waals surface area (Å²) in [5.74, 6) is -0.242. The molecule has 0 fully saturated rings. The molecule has 0 heterocycles. The molecule has 0 saturated carbocycles. The third-order valence-corrected chi connectivity index (χ3v) is 9.22. The van der Waals surface area contributed by atoms with Gasteiger partial charge in [-0.1, -0.05) is 144 Å². The summed E-state index contributed by atoms with van der Waals surface area (Å²) >= 11 is 0. The van der Waals surface area contributed by atoms with Gasteiger partial charge in [0.2, 0.25) is 0 Å². The molecule has 3 N–H and O–H groups in total. The maximum absolute atomic E-state index is 12.3. The first-order valence-electron chi connectivity index (χ1n) is 17.1. The molecule has 4 nitrogen and oxygen atoms in total. The van der Waals surface area contributed by atoms with Crippen molar-refractivity contribution in [1.82, 2.24) is 0 Å². The van der Waals surface area contributed by atoms with E-state index < -0.39 is 5.92 Å². The number of rotatable bonds is 6. The normalized spacial score (nSPS) is 13.1. The second-order valence-corrected chi connectivity index (χ2v) is 17.6. The lowest BCUT2D eigenvalue weighted by molar-refractivity contribution is 0.426. The largest absolute Gasteiger partial charge is 0.507 e. The zero-order valence-corrected chi connectivity index (χ0v) is 31.5. The summed E-state index contributed by atoms with van der Waals surface area (Å²) < 4.78 is 0. The van der Waals surface area contributed by atoms with Crippen molar-refractivity contribution in [2.45, 2.75) is 124 Å². The molecular formula is C44H57NO3. The van der Waals surface area contributed by atoms with Gasteiger partial charge < -0.3 is 15.3 Å². The highest BCUT2D eigenvalue weighted by molar-refractivity contribution is 5.85. The van der Waals surface area contributed by atoms with Crippen molar-refractivity contribution in [1.29, 1.82) is 0 Å². The first-order valence-corrected chi connectivity index (χ1v) is 17.1. The number of hydrogen-bond acceptors (Lipinski definition) is 4. The second kappa shape index (κ2) is 13.1. The summed E-state index contributed by atoms with van der Waals surface area (Å²) in [7, 11) is 0. The topological polar surface area (TPSA) is 73.1 Å². The van der Waals surface area contributed by atoms with Crippen LogP contribution in [0.25, 0.3) is 0 Å². The van der Waals surface area contributed by atoms with E-state index in [4.69, 9.17) is 4.99 Å². The van der Waals surface area contributed by atoms with E-state index in [1.165, 1.54) is 0 Å². The van der Waals surface area contributed by atoms with E-state index in [1.807, 2.05) is 49.4 Å². The predicted octanol–water partition coefficient (Wildman–Crippen LogP) is 11.1. The van der Waals surface area contributed by atoms with Crippen LogP contribution < -0.4 is 0 Å². The van der Waals surface area contributed by atoms with Crippen molar-refractivity contribution in [2.24, 2.45) is 4.99 Å². The summed E-state index contributed by atoms with van der Waals surface area (Å²) in [6.45, 7) is 28.2. The Kier molecular flexibility index (Phi) is 10.0. The smallest absolute Gasteiger partial charge is 0.128 e. The van der Waals surface area contributed by atoms with Crippen LogP contribution in [-0.4, -0.2) is 21.5 Å². The molecule has 0 saturated heterocycles. The minimum atomic E-state index is -0.682. The second-order valence-electron chi connectivity index (χ2n) is 17.6. The summed E-state index contributed by atoms with van der Waals surface area (Å²) in [6, 6.07) is 22.3. The molecule has 4 aromatic rings. The van der Waals surface area contributed by atoms with Crippen molar-refractivity contribution in [2.75, 3.05) is 0 Å². The molecule has 0 radical (unpaired) electrons. The number of aliphatic imine (C=N–C) groups is 1. The average Bonchev–Trinajstić information content (AvgIpc) is 2.95. The lowest BCUT2D eigenvalue weighted by atomic mass is 9.72. The minimum absolute atomic E-state index is 0.0816. The third kappa shape index (κ3) is 7.97. The molecule has 0 unspecified atom stereocenters. The van der Waals surface area contributed by atoms with E-state index >= 15 is 0 Å². The molecular weight excluding hydrogens is 590 g/mol. The molecule has 0 aromatic heterocycles. The molecule has 0 atom stereocenters. The van der Waals surface area contributed by atoms with Gasteiger partial charge in [-0.2, -0.15) is 0 Å². The fourth-order valence-electron chi connectivity index (χ4n) is 6.25. The maximum atomic E-state index is 12.3. The van der Waals surface area contributed by atoms with Crippen molar-refractivity contribution in [3.8, 4) is 17.2 Å². The van der Waals surface area contributed by atoms with Crippen LogP contribution in [0.15, 0.2) is 71.7 Å². The van der Waals surface area contributed by atoms with Crippen molar-refractivity contribution >= 4 is 6.21 Å². The number of phenolic OH excluding ortho intramolecular Hbond substituents is 3. The molecule has 0 aliphatic heterocycles. The number of nitrogens with zero attached hydrogens (tertiary/aromatic N) is 1. The lowest BCUT2D eigenvalue weighted by Crippen LogP contribution is -2.21. The van der Waals surface area contributed by atoms with Crippen LogP contribution in [0.1, 0.15) is 145 Å². The monoisotopic (exact) mass is 647 g/mol. The quantitative estimate of drug-likeness (QED) is 0.144. The van der Waals surface area contributed by atoms with Crippen LogP contribution in [0.2, 0.25) is 0 Å². The Morgan fingerprint density at radius 3 is 1.42 bits per heavy atom. The third-order valence-electron chi connectivity index (χ3n) is 9.22.